The van der Waals surface area contributed by atoms with Crippen molar-refractivity contribution < 1.29 is 26.3 Å². The van der Waals surface area contributed by atoms with Crippen LogP contribution in [0.2, 0.25) is 15.1 Å². The van der Waals surface area contributed by atoms with Gasteiger partial charge in [0.05, 0.1) is 45.6 Å². The molecule has 0 amide bonds. The monoisotopic (exact) mass is 799 g/mol. The molecule has 0 bridgehead atoms. The number of nitriles is 1. The van der Waals surface area contributed by atoms with Crippen molar-refractivity contribution in [3.63, 3.8) is 0 Å². The first-order valence-corrected chi connectivity index (χ1v) is 17.0. The van der Waals surface area contributed by atoms with E-state index in [2.05, 4.69) is 0 Å². The first-order valence-electron chi connectivity index (χ1n) is 15.8. The Balaban J connectivity index is 0.000000208. The zero-order valence-electron chi connectivity index (χ0n) is 27.9. The average Bonchev–Trinajstić information content (AvgIpc) is 3.12. The van der Waals surface area contributed by atoms with Crippen LogP contribution in [-0.4, -0.2) is 9.13 Å². The second kappa shape index (κ2) is 16.4. The molecule has 0 N–H and O–H groups in total. The van der Waals surface area contributed by atoms with E-state index in [1.54, 1.807) is 84.9 Å². The number of benzene rings is 4. The third-order valence-corrected chi connectivity index (χ3v) is 9.24. The normalized spacial score (nSPS) is 11.4. The molecule has 0 saturated heterocycles. The number of hydrogen-bond acceptors (Lipinski definition) is 3. The van der Waals surface area contributed by atoms with Crippen LogP contribution in [-0.2, 0) is 25.4 Å². The maximum Gasteiger partial charge on any atom is 0.417 e. The smallest absolute Gasteiger partial charge is 0.304 e. The molecule has 0 atom stereocenters. The minimum Gasteiger partial charge on any atom is -0.304 e. The molecular weight excluding hydrogens is 775 g/mol. The fourth-order valence-electron chi connectivity index (χ4n) is 5.58. The maximum atomic E-state index is 13.4. The number of hydrogen-bond donors (Lipinski definition) is 0. The molecule has 0 radical (unpaired) electrons. The van der Waals surface area contributed by atoms with Gasteiger partial charge in [0.25, 0.3) is 11.1 Å². The van der Waals surface area contributed by atoms with E-state index in [1.165, 1.54) is 22.8 Å². The van der Waals surface area contributed by atoms with Gasteiger partial charge in [-0.05, 0) is 71.1 Å². The zero-order chi connectivity index (χ0) is 39.4. The molecule has 6 rings (SSSR count). The molecule has 0 aliphatic rings. The number of nitrogens with zero attached hydrogens (tertiary/aromatic N) is 3. The van der Waals surface area contributed by atoms with Crippen LogP contribution in [0, 0.1) is 18.3 Å². The summed E-state index contributed by atoms with van der Waals surface area (Å²) in [6.07, 6.45) is -9.42. The van der Waals surface area contributed by atoms with Gasteiger partial charge < -0.3 is 9.13 Å². The van der Waals surface area contributed by atoms with Crippen molar-refractivity contribution in [2.24, 2.45) is 0 Å². The first kappa shape index (κ1) is 39.9. The van der Waals surface area contributed by atoms with Crippen molar-refractivity contribution in [2.45, 2.75) is 32.4 Å². The summed E-state index contributed by atoms with van der Waals surface area (Å²) >= 11 is 17.8. The maximum absolute atomic E-state index is 13.4. The van der Waals surface area contributed by atoms with Crippen molar-refractivity contribution in [3.8, 4) is 28.6 Å². The molecule has 4 aromatic carbocycles. The summed E-state index contributed by atoms with van der Waals surface area (Å²) in [6.45, 7) is 1.93. The van der Waals surface area contributed by atoms with Gasteiger partial charge in [-0.2, -0.15) is 31.6 Å². The van der Waals surface area contributed by atoms with E-state index in [1.807, 2.05) is 6.92 Å². The predicted molar refractivity (Wildman–Crippen MR) is 198 cm³/mol. The Bertz CT molecular complexity index is 2470. The fourth-order valence-corrected chi connectivity index (χ4v) is 6.13. The fraction of sp³-hybridized carbons (Fsp3) is 0.125. The molecule has 0 saturated carbocycles. The number of halogens is 9. The second-order valence-corrected chi connectivity index (χ2v) is 13.2. The summed E-state index contributed by atoms with van der Waals surface area (Å²) in [5.74, 6) is 0. The van der Waals surface area contributed by atoms with E-state index in [4.69, 9.17) is 34.8 Å². The molecule has 0 unspecified atom stereocenters. The third-order valence-electron chi connectivity index (χ3n) is 8.27. The molecule has 276 valence electrons. The molecule has 14 heteroatoms. The highest BCUT2D eigenvalue weighted by Gasteiger charge is 2.36. The Morgan fingerprint density at radius 1 is 0.648 bits per heavy atom. The molecule has 2 heterocycles. The molecule has 0 spiro atoms. The van der Waals surface area contributed by atoms with Gasteiger partial charge in [0.15, 0.2) is 0 Å². The van der Waals surface area contributed by atoms with Crippen molar-refractivity contribution in [2.75, 3.05) is 0 Å². The molecule has 2 aromatic heterocycles. The number of alkyl halides is 6. The molecule has 0 aliphatic heterocycles. The Hall–Kier alpha value is -5.28. The molecule has 6 aromatic rings. The summed E-state index contributed by atoms with van der Waals surface area (Å²) in [5, 5.41) is 10.3. The number of aromatic nitrogens is 2. The van der Waals surface area contributed by atoms with Crippen LogP contribution in [0.25, 0.3) is 22.5 Å². The summed E-state index contributed by atoms with van der Waals surface area (Å²) in [6, 6.07) is 30.5. The minimum atomic E-state index is -4.84. The summed E-state index contributed by atoms with van der Waals surface area (Å²) in [5.41, 5.74) is -1.44. The van der Waals surface area contributed by atoms with Crippen LogP contribution in [0.3, 0.4) is 0 Å². The van der Waals surface area contributed by atoms with Crippen LogP contribution in [0.15, 0.2) is 125 Å². The van der Waals surface area contributed by atoms with Crippen LogP contribution < -0.4 is 11.1 Å². The second-order valence-electron chi connectivity index (χ2n) is 11.9. The lowest BCUT2D eigenvalue weighted by atomic mass is 10.0. The lowest BCUT2D eigenvalue weighted by molar-refractivity contribution is -0.138. The number of rotatable bonds is 6. The Morgan fingerprint density at radius 3 is 1.76 bits per heavy atom. The number of pyridine rings is 2. The summed E-state index contributed by atoms with van der Waals surface area (Å²) in [7, 11) is 0. The lowest BCUT2D eigenvalue weighted by Gasteiger charge is -2.18. The predicted octanol–water partition coefficient (Wildman–Crippen LogP) is 11.3. The highest BCUT2D eigenvalue weighted by atomic mass is 35.5. The molecule has 0 aliphatic carbocycles. The van der Waals surface area contributed by atoms with Gasteiger partial charge in [-0.1, -0.05) is 108 Å². The van der Waals surface area contributed by atoms with Gasteiger partial charge in [0.2, 0.25) is 0 Å². The van der Waals surface area contributed by atoms with Gasteiger partial charge in [-0.15, -0.1) is 0 Å². The van der Waals surface area contributed by atoms with Crippen molar-refractivity contribution in [1.29, 1.82) is 5.26 Å². The van der Waals surface area contributed by atoms with Crippen LogP contribution >= 0.6 is 34.8 Å². The Labute approximate surface area is 319 Å². The zero-order valence-corrected chi connectivity index (χ0v) is 30.2. The third kappa shape index (κ3) is 9.26. The van der Waals surface area contributed by atoms with Gasteiger partial charge in [0.1, 0.15) is 11.6 Å². The van der Waals surface area contributed by atoms with E-state index in [9.17, 15) is 41.2 Å². The molecule has 54 heavy (non-hydrogen) atoms. The van der Waals surface area contributed by atoms with E-state index in [0.29, 0.717) is 32.8 Å². The topological polar surface area (TPSA) is 67.8 Å². The van der Waals surface area contributed by atoms with Crippen LogP contribution in [0.5, 0.6) is 0 Å². The van der Waals surface area contributed by atoms with E-state index in [-0.39, 0.29) is 29.5 Å². The van der Waals surface area contributed by atoms with Gasteiger partial charge >= 0.3 is 12.4 Å². The first-order chi connectivity index (χ1) is 25.5. The highest BCUT2D eigenvalue weighted by molar-refractivity contribution is 6.42. The Morgan fingerprint density at radius 2 is 1.24 bits per heavy atom. The summed E-state index contributed by atoms with van der Waals surface area (Å²) in [4.78, 5) is 25.3. The van der Waals surface area contributed by atoms with Gasteiger partial charge in [-0.25, -0.2) is 0 Å². The average molecular weight is 801 g/mol. The van der Waals surface area contributed by atoms with Gasteiger partial charge in [-0.3, -0.25) is 9.59 Å². The van der Waals surface area contributed by atoms with Crippen molar-refractivity contribution >= 4 is 34.8 Å². The SMILES string of the molecule is Cc1cc(Cl)ccc1Cn1c(-c2ccccc2)cc(C(F)(F)F)cc1=O.N#Cc1c(C(F)(F)F)cc(-c2ccccc2)n(Cc2ccc(Cl)c(Cl)c2)c1=O. The quantitative estimate of drug-likeness (QED) is 0.158. The van der Waals surface area contributed by atoms with Crippen LogP contribution in [0.1, 0.15) is 33.4 Å². The molecular formula is C40H26Cl3F6N3O2. The molecule has 0 fully saturated rings. The van der Waals surface area contributed by atoms with E-state index >= 15 is 0 Å². The van der Waals surface area contributed by atoms with Crippen molar-refractivity contribution in [1.82, 2.24) is 9.13 Å². The van der Waals surface area contributed by atoms with Gasteiger partial charge in [0, 0.05) is 11.1 Å². The summed E-state index contributed by atoms with van der Waals surface area (Å²) < 4.78 is 82.3. The van der Waals surface area contributed by atoms with Crippen molar-refractivity contribution in [3.05, 3.63) is 184 Å². The lowest BCUT2D eigenvalue weighted by Crippen LogP contribution is -2.28. The standard InChI is InChI=1S/C20H11Cl2F3N2O.C20H15ClF3NO/c21-16-7-6-12(8-17(16)22)11-27-18(13-4-2-1-3-5-13)9-15(20(23,24)25)14(10-26)19(27)28;1-13-9-17(21)8-7-15(13)12-25-18(14-5-3-2-4-6-14)10-16(11-19(25)26)20(22,23)24/h1-9H,11H2;2-11H,12H2,1H3. The number of aryl methyl sites for hydroxylation is 1. The minimum absolute atomic E-state index is 0.0444. The molecule has 5 nitrogen and oxygen atoms in total. The largest absolute Gasteiger partial charge is 0.417 e. The highest BCUT2D eigenvalue weighted by Crippen LogP contribution is 2.35. The van der Waals surface area contributed by atoms with Crippen LogP contribution in [0.4, 0.5) is 26.3 Å². The Kier molecular flexibility index (Phi) is 12.1. The van der Waals surface area contributed by atoms with E-state index < -0.39 is 40.2 Å². The van der Waals surface area contributed by atoms with E-state index in [0.717, 1.165) is 27.8 Å².